The van der Waals surface area contributed by atoms with Crippen molar-refractivity contribution < 1.29 is 4.74 Å². The summed E-state index contributed by atoms with van der Waals surface area (Å²) in [5.74, 6) is 0.851. The molecule has 0 saturated heterocycles. The number of methoxy groups -OCH3 is 1. The number of hydrogen-bond donors (Lipinski definition) is 2. The number of nitrogens with zero attached hydrogens (tertiary/aromatic N) is 1. The average molecular weight is 215 g/mol. The molecule has 90 valence electrons. The molecule has 2 N–H and O–H groups in total. The summed E-state index contributed by atoms with van der Waals surface area (Å²) in [6.45, 7) is 11.1. The van der Waals surface area contributed by atoms with Crippen LogP contribution >= 0.6 is 0 Å². The lowest BCUT2D eigenvalue weighted by atomic mass is 10.4. The zero-order chi connectivity index (χ0) is 11.8. The van der Waals surface area contributed by atoms with Crippen LogP contribution in [0.5, 0.6) is 0 Å². The van der Waals surface area contributed by atoms with Gasteiger partial charge in [0.2, 0.25) is 0 Å². The van der Waals surface area contributed by atoms with E-state index in [0.29, 0.717) is 18.6 Å². The first-order valence-electron chi connectivity index (χ1n) is 5.56. The Morgan fingerprint density at radius 1 is 1.07 bits per heavy atom. The highest BCUT2D eigenvalue weighted by molar-refractivity contribution is 5.80. The van der Waals surface area contributed by atoms with E-state index in [1.165, 1.54) is 0 Å². The third-order valence-corrected chi connectivity index (χ3v) is 1.76. The molecule has 0 aromatic rings. The van der Waals surface area contributed by atoms with Crippen LogP contribution in [0.4, 0.5) is 0 Å². The minimum absolute atomic E-state index is 0.155. The zero-order valence-electron chi connectivity index (χ0n) is 10.8. The minimum Gasteiger partial charge on any atom is -0.380 e. The van der Waals surface area contributed by atoms with E-state index in [2.05, 4.69) is 43.3 Å². The molecule has 0 spiro atoms. The van der Waals surface area contributed by atoms with Crippen molar-refractivity contribution in [2.75, 3.05) is 13.7 Å². The lowest BCUT2D eigenvalue weighted by Gasteiger charge is -2.18. The van der Waals surface area contributed by atoms with Gasteiger partial charge in [0.1, 0.15) is 0 Å². The van der Waals surface area contributed by atoms with Crippen molar-refractivity contribution in [1.29, 1.82) is 0 Å². The van der Waals surface area contributed by atoms with Crippen LogP contribution in [-0.4, -0.2) is 37.8 Å². The van der Waals surface area contributed by atoms with Gasteiger partial charge in [-0.05, 0) is 34.6 Å². The van der Waals surface area contributed by atoms with Crippen LogP contribution in [-0.2, 0) is 4.74 Å². The van der Waals surface area contributed by atoms with Gasteiger partial charge < -0.3 is 15.4 Å². The molecule has 0 fully saturated rings. The maximum absolute atomic E-state index is 5.15. The maximum atomic E-state index is 5.15. The molecule has 4 nitrogen and oxygen atoms in total. The molecule has 0 aliphatic carbocycles. The fourth-order valence-electron chi connectivity index (χ4n) is 0.974. The number of ether oxygens (including phenoxy) is 1. The third-order valence-electron chi connectivity index (χ3n) is 1.76. The van der Waals surface area contributed by atoms with Gasteiger partial charge in [0.05, 0.1) is 12.6 Å². The second-order valence-corrected chi connectivity index (χ2v) is 4.33. The van der Waals surface area contributed by atoms with Crippen LogP contribution in [0.15, 0.2) is 4.99 Å². The first-order valence-corrected chi connectivity index (χ1v) is 5.56. The summed E-state index contributed by atoms with van der Waals surface area (Å²) in [7, 11) is 1.70. The lowest BCUT2D eigenvalue weighted by Crippen LogP contribution is -2.44. The van der Waals surface area contributed by atoms with Gasteiger partial charge in [-0.3, -0.25) is 4.99 Å². The van der Waals surface area contributed by atoms with Crippen molar-refractivity contribution >= 4 is 5.96 Å². The SMILES string of the molecule is COC(C)CN=C(NC(C)C)NC(C)C. The van der Waals surface area contributed by atoms with E-state index in [1.54, 1.807) is 7.11 Å². The predicted octanol–water partition coefficient (Wildman–Crippen LogP) is 1.37. The Hall–Kier alpha value is -0.770. The van der Waals surface area contributed by atoms with Gasteiger partial charge in [-0.1, -0.05) is 0 Å². The van der Waals surface area contributed by atoms with Gasteiger partial charge in [-0.2, -0.15) is 0 Å². The molecule has 0 rings (SSSR count). The zero-order valence-corrected chi connectivity index (χ0v) is 10.8. The largest absolute Gasteiger partial charge is 0.380 e. The molecule has 15 heavy (non-hydrogen) atoms. The first kappa shape index (κ1) is 14.2. The molecular formula is C11H25N3O. The highest BCUT2D eigenvalue weighted by atomic mass is 16.5. The Bertz CT molecular complexity index is 178. The fraction of sp³-hybridized carbons (Fsp3) is 0.909. The molecule has 0 bridgehead atoms. The third kappa shape index (κ3) is 8.24. The Balaban J connectivity index is 4.20. The number of nitrogens with one attached hydrogen (secondary N) is 2. The predicted molar refractivity (Wildman–Crippen MR) is 65.3 cm³/mol. The lowest BCUT2D eigenvalue weighted by molar-refractivity contribution is 0.125. The van der Waals surface area contributed by atoms with E-state index >= 15 is 0 Å². The van der Waals surface area contributed by atoms with E-state index in [4.69, 9.17) is 4.74 Å². The van der Waals surface area contributed by atoms with Crippen molar-refractivity contribution in [3.05, 3.63) is 0 Å². The van der Waals surface area contributed by atoms with E-state index < -0.39 is 0 Å². The highest BCUT2D eigenvalue weighted by Crippen LogP contribution is 1.89. The van der Waals surface area contributed by atoms with Gasteiger partial charge >= 0.3 is 0 Å². The molecule has 1 unspecified atom stereocenters. The summed E-state index contributed by atoms with van der Waals surface area (Å²) in [5, 5.41) is 6.55. The number of aliphatic imine (C=N–C) groups is 1. The number of guanidine groups is 1. The van der Waals surface area contributed by atoms with Crippen LogP contribution in [0.3, 0.4) is 0 Å². The summed E-state index contributed by atoms with van der Waals surface area (Å²) in [4.78, 5) is 4.44. The Labute approximate surface area is 93.5 Å². The molecular weight excluding hydrogens is 190 g/mol. The van der Waals surface area contributed by atoms with E-state index in [-0.39, 0.29) is 6.10 Å². The van der Waals surface area contributed by atoms with Crippen molar-refractivity contribution in [3.8, 4) is 0 Å². The van der Waals surface area contributed by atoms with Crippen molar-refractivity contribution in [2.45, 2.75) is 52.8 Å². The Morgan fingerprint density at radius 2 is 1.53 bits per heavy atom. The van der Waals surface area contributed by atoms with Crippen molar-refractivity contribution in [3.63, 3.8) is 0 Å². The standard InChI is InChI=1S/C11H25N3O/c1-8(2)13-11(14-9(3)4)12-7-10(5)15-6/h8-10H,7H2,1-6H3,(H2,12,13,14). The second-order valence-electron chi connectivity index (χ2n) is 4.33. The summed E-state index contributed by atoms with van der Waals surface area (Å²) in [6, 6.07) is 0.765. The monoisotopic (exact) mass is 215 g/mol. The molecule has 0 aromatic carbocycles. The summed E-state index contributed by atoms with van der Waals surface area (Å²) >= 11 is 0. The van der Waals surface area contributed by atoms with Crippen LogP contribution < -0.4 is 10.6 Å². The van der Waals surface area contributed by atoms with Crippen LogP contribution in [0.1, 0.15) is 34.6 Å². The summed E-state index contributed by atoms with van der Waals surface area (Å²) < 4.78 is 5.15. The first-order chi connectivity index (χ1) is 6.95. The van der Waals surface area contributed by atoms with Crippen molar-refractivity contribution in [1.82, 2.24) is 10.6 Å². The van der Waals surface area contributed by atoms with Crippen molar-refractivity contribution in [2.24, 2.45) is 4.99 Å². The van der Waals surface area contributed by atoms with E-state index in [1.807, 2.05) is 6.92 Å². The number of hydrogen-bond acceptors (Lipinski definition) is 2. The molecule has 1 atom stereocenters. The minimum atomic E-state index is 0.155. The molecule has 0 aliphatic heterocycles. The normalized spacial score (nSPS) is 12.8. The van der Waals surface area contributed by atoms with Gasteiger partial charge in [0.25, 0.3) is 0 Å². The molecule has 0 saturated carbocycles. The number of rotatable bonds is 5. The highest BCUT2D eigenvalue weighted by Gasteiger charge is 2.04. The topological polar surface area (TPSA) is 45.6 Å². The van der Waals surface area contributed by atoms with Crippen LogP contribution in [0, 0.1) is 0 Å². The summed E-state index contributed by atoms with van der Waals surface area (Å²) in [5.41, 5.74) is 0. The van der Waals surface area contributed by atoms with Gasteiger partial charge in [-0.15, -0.1) is 0 Å². The van der Waals surface area contributed by atoms with Crippen LogP contribution in [0.25, 0.3) is 0 Å². The molecule has 0 amide bonds. The smallest absolute Gasteiger partial charge is 0.191 e. The second kappa shape index (κ2) is 7.51. The van der Waals surface area contributed by atoms with Gasteiger partial charge in [0, 0.05) is 19.2 Å². The molecule has 0 aromatic heterocycles. The molecule has 0 aliphatic rings. The summed E-state index contributed by atoms with van der Waals surface area (Å²) in [6.07, 6.45) is 0.155. The van der Waals surface area contributed by atoms with Crippen LogP contribution in [0.2, 0.25) is 0 Å². The van der Waals surface area contributed by atoms with E-state index in [9.17, 15) is 0 Å². The van der Waals surface area contributed by atoms with E-state index in [0.717, 1.165) is 5.96 Å². The fourth-order valence-corrected chi connectivity index (χ4v) is 0.974. The molecule has 0 heterocycles. The Kier molecular flexibility index (Phi) is 7.13. The maximum Gasteiger partial charge on any atom is 0.191 e. The van der Waals surface area contributed by atoms with Gasteiger partial charge in [-0.25, -0.2) is 0 Å². The Morgan fingerprint density at radius 3 is 1.87 bits per heavy atom. The quantitative estimate of drug-likeness (QED) is 0.538. The van der Waals surface area contributed by atoms with Gasteiger partial charge in [0.15, 0.2) is 5.96 Å². The molecule has 0 radical (unpaired) electrons. The molecule has 4 heteroatoms. The average Bonchev–Trinajstić information content (AvgIpc) is 2.11.